The normalized spacial score (nSPS) is 16.9. The molecule has 0 radical (unpaired) electrons. The average Bonchev–Trinajstić information content (AvgIpc) is 2.24. The van der Waals surface area contributed by atoms with Crippen molar-refractivity contribution in [2.75, 3.05) is 6.54 Å². The Morgan fingerprint density at radius 2 is 1.84 bits per heavy atom. The van der Waals surface area contributed by atoms with E-state index in [2.05, 4.69) is 0 Å². The molecule has 4 nitrogen and oxygen atoms in total. The van der Waals surface area contributed by atoms with Crippen LogP contribution in [0.5, 0.6) is 0 Å². The number of alkyl halides is 3. The summed E-state index contributed by atoms with van der Waals surface area (Å²) in [7, 11) is 0. The van der Waals surface area contributed by atoms with Gasteiger partial charge in [0.05, 0.1) is 0 Å². The van der Waals surface area contributed by atoms with Crippen molar-refractivity contribution in [1.29, 1.82) is 0 Å². The lowest BCUT2D eigenvalue weighted by Crippen LogP contribution is -2.37. The maximum absolute atomic E-state index is 12.3. The molecule has 0 aromatic carbocycles. The van der Waals surface area contributed by atoms with Crippen LogP contribution < -0.4 is 0 Å². The number of ether oxygens (including phenoxy) is 1. The fraction of sp³-hybridized carbons (Fsp3) is 0.667. The molecule has 0 saturated carbocycles. The van der Waals surface area contributed by atoms with Gasteiger partial charge in [-0.3, -0.25) is 9.69 Å². The molecule has 108 valence electrons. The molecule has 0 N–H and O–H groups in total. The number of carbonyl (C=O) groups excluding carboxylic acids is 2. The molecule has 0 unspecified atom stereocenters. The highest BCUT2D eigenvalue weighted by atomic mass is 19.4. The summed E-state index contributed by atoms with van der Waals surface area (Å²) in [6, 6.07) is 0. The van der Waals surface area contributed by atoms with Gasteiger partial charge in [-0.25, -0.2) is 4.79 Å². The van der Waals surface area contributed by atoms with E-state index in [9.17, 15) is 22.8 Å². The predicted octanol–water partition coefficient (Wildman–Crippen LogP) is 3.03. The van der Waals surface area contributed by atoms with Gasteiger partial charge in [-0.1, -0.05) is 0 Å². The molecule has 0 bridgehead atoms. The average molecular weight is 279 g/mol. The van der Waals surface area contributed by atoms with Gasteiger partial charge in [-0.15, -0.1) is 0 Å². The lowest BCUT2D eigenvalue weighted by Gasteiger charge is -2.28. The van der Waals surface area contributed by atoms with Crippen LogP contribution in [0.25, 0.3) is 0 Å². The van der Waals surface area contributed by atoms with Crippen LogP contribution in [-0.2, 0) is 9.53 Å². The fourth-order valence-corrected chi connectivity index (χ4v) is 1.58. The van der Waals surface area contributed by atoms with Crippen LogP contribution in [0.2, 0.25) is 0 Å². The Kier molecular flexibility index (Phi) is 4.27. The number of hydrogen-bond acceptors (Lipinski definition) is 3. The number of nitrogens with zero attached hydrogens (tertiary/aromatic N) is 1. The second-order valence-electron chi connectivity index (χ2n) is 5.26. The van der Waals surface area contributed by atoms with Crippen LogP contribution in [0.15, 0.2) is 11.8 Å². The summed E-state index contributed by atoms with van der Waals surface area (Å²) in [6.45, 7) is 5.20. The Morgan fingerprint density at radius 3 is 2.32 bits per heavy atom. The zero-order valence-electron chi connectivity index (χ0n) is 11.0. The molecule has 1 aliphatic rings. The molecule has 1 amide bonds. The van der Waals surface area contributed by atoms with Gasteiger partial charge in [0.1, 0.15) is 5.60 Å². The monoisotopic (exact) mass is 279 g/mol. The van der Waals surface area contributed by atoms with Crippen molar-refractivity contribution in [1.82, 2.24) is 4.90 Å². The number of carbonyl (C=O) groups is 2. The summed E-state index contributed by atoms with van der Waals surface area (Å²) in [4.78, 5) is 23.8. The molecule has 19 heavy (non-hydrogen) atoms. The van der Waals surface area contributed by atoms with Crippen molar-refractivity contribution in [3.63, 3.8) is 0 Å². The maximum atomic E-state index is 12.3. The minimum absolute atomic E-state index is 0.0115. The van der Waals surface area contributed by atoms with E-state index in [1.54, 1.807) is 20.8 Å². The second kappa shape index (κ2) is 5.22. The quantitative estimate of drug-likeness (QED) is 0.741. The first-order valence-corrected chi connectivity index (χ1v) is 5.82. The van der Waals surface area contributed by atoms with E-state index >= 15 is 0 Å². The summed E-state index contributed by atoms with van der Waals surface area (Å²) >= 11 is 0. The first kappa shape index (κ1) is 15.5. The zero-order valence-corrected chi connectivity index (χ0v) is 11.0. The van der Waals surface area contributed by atoms with Crippen LogP contribution in [0, 0.1) is 0 Å². The van der Waals surface area contributed by atoms with Crippen LogP contribution in [0.1, 0.15) is 33.6 Å². The lowest BCUT2D eigenvalue weighted by atomic mass is 10.0. The highest BCUT2D eigenvalue weighted by Gasteiger charge is 2.41. The Balaban J connectivity index is 2.83. The molecule has 0 aromatic heterocycles. The number of Topliss-reactive ketones (excluding diaryl/α,β-unsaturated/α-hetero) is 1. The van der Waals surface area contributed by atoms with Gasteiger partial charge in [0, 0.05) is 18.3 Å². The third-order valence-corrected chi connectivity index (χ3v) is 2.33. The van der Waals surface area contributed by atoms with Gasteiger partial charge in [-0.2, -0.15) is 13.2 Å². The SMILES string of the molecule is CC(C)(C)OC(=O)N1C=C(C(=O)C(F)(F)F)CCC1. The smallest absolute Gasteiger partial charge is 0.443 e. The molecule has 0 atom stereocenters. The first-order valence-electron chi connectivity index (χ1n) is 5.82. The third kappa shape index (κ3) is 4.57. The van der Waals surface area contributed by atoms with Crippen LogP contribution in [0.4, 0.5) is 18.0 Å². The summed E-state index contributed by atoms with van der Waals surface area (Å²) in [5.74, 6) is -1.90. The lowest BCUT2D eigenvalue weighted by molar-refractivity contribution is -0.166. The number of amides is 1. The number of halogens is 3. The minimum Gasteiger partial charge on any atom is -0.443 e. The van der Waals surface area contributed by atoms with Crippen molar-refractivity contribution in [2.24, 2.45) is 0 Å². The van der Waals surface area contributed by atoms with Gasteiger partial charge in [0.2, 0.25) is 0 Å². The van der Waals surface area contributed by atoms with Crippen molar-refractivity contribution < 1.29 is 27.5 Å². The molecule has 1 heterocycles. The molecule has 0 fully saturated rings. The molecule has 0 saturated heterocycles. The van der Waals surface area contributed by atoms with E-state index in [4.69, 9.17) is 4.74 Å². The van der Waals surface area contributed by atoms with E-state index in [1.165, 1.54) is 0 Å². The molecule has 0 spiro atoms. The highest BCUT2D eigenvalue weighted by Crippen LogP contribution is 2.26. The topological polar surface area (TPSA) is 46.6 Å². The minimum atomic E-state index is -4.91. The molecular formula is C12H16F3NO3. The number of hydrogen-bond donors (Lipinski definition) is 0. The molecule has 0 aliphatic carbocycles. The van der Waals surface area contributed by atoms with Crippen LogP contribution >= 0.6 is 0 Å². The van der Waals surface area contributed by atoms with Crippen molar-refractivity contribution in [2.45, 2.75) is 45.4 Å². The number of rotatable bonds is 1. The molecule has 7 heteroatoms. The van der Waals surface area contributed by atoms with E-state index < -0.39 is 29.2 Å². The van der Waals surface area contributed by atoms with Gasteiger partial charge in [-0.05, 0) is 33.6 Å². The zero-order chi connectivity index (χ0) is 14.8. The van der Waals surface area contributed by atoms with Gasteiger partial charge in [0.15, 0.2) is 0 Å². The molecule has 0 aromatic rings. The first-order chi connectivity index (χ1) is 8.50. The summed E-state index contributed by atoms with van der Waals surface area (Å²) < 4.78 is 42.0. The summed E-state index contributed by atoms with van der Waals surface area (Å²) in [6.07, 6.45) is -4.42. The molecule has 1 aliphatic heterocycles. The van der Waals surface area contributed by atoms with Crippen molar-refractivity contribution in [3.05, 3.63) is 11.8 Å². The largest absolute Gasteiger partial charge is 0.454 e. The van der Waals surface area contributed by atoms with Crippen molar-refractivity contribution >= 4 is 11.9 Å². The van der Waals surface area contributed by atoms with E-state index in [-0.39, 0.29) is 13.0 Å². The number of allylic oxidation sites excluding steroid dienone is 1. The van der Waals surface area contributed by atoms with E-state index in [0.29, 0.717) is 6.42 Å². The Hall–Kier alpha value is -1.53. The second-order valence-corrected chi connectivity index (χ2v) is 5.26. The Bertz CT molecular complexity index is 407. The predicted molar refractivity (Wildman–Crippen MR) is 61.3 cm³/mol. The van der Waals surface area contributed by atoms with E-state index in [1.807, 2.05) is 0 Å². The molecular weight excluding hydrogens is 263 g/mol. The molecule has 1 rings (SSSR count). The number of ketones is 1. The van der Waals surface area contributed by atoms with Gasteiger partial charge in [0.25, 0.3) is 5.78 Å². The Morgan fingerprint density at radius 1 is 1.26 bits per heavy atom. The maximum Gasteiger partial charge on any atom is 0.454 e. The third-order valence-electron chi connectivity index (χ3n) is 2.33. The van der Waals surface area contributed by atoms with Gasteiger partial charge >= 0.3 is 12.3 Å². The fourth-order valence-electron chi connectivity index (χ4n) is 1.58. The van der Waals surface area contributed by atoms with Crippen molar-refractivity contribution in [3.8, 4) is 0 Å². The highest BCUT2D eigenvalue weighted by molar-refractivity contribution is 5.99. The Labute approximate surface area is 109 Å². The summed E-state index contributed by atoms with van der Waals surface area (Å²) in [5.41, 5.74) is -1.15. The van der Waals surface area contributed by atoms with Crippen LogP contribution in [-0.4, -0.2) is 35.1 Å². The summed E-state index contributed by atoms with van der Waals surface area (Å²) in [5, 5.41) is 0. The standard InChI is InChI=1S/C12H16F3NO3/c1-11(2,3)19-10(18)16-6-4-5-8(7-16)9(17)12(13,14)15/h7H,4-6H2,1-3H3. The van der Waals surface area contributed by atoms with E-state index in [0.717, 1.165) is 11.1 Å². The van der Waals surface area contributed by atoms with Gasteiger partial charge < -0.3 is 4.74 Å². The van der Waals surface area contributed by atoms with Crippen LogP contribution in [0.3, 0.4) is 0 Å².